The van der Waals surface area contributed by atoms with Crippen LogP contribution in [0.3, 0.4) is 0 Å². The first-order valence-electron chi connectivity index (χ1n) is 12.6. The summed E-state index contributed by atoms with van der Waals surface area (Å²) in [7, 11) is 1.39. The highest BCUT2D eigenvalue weighted by molar-refractivity contribution is 7.13. The fraction of sp³-hybridized carbons (Fsp3) is 0.241. The number of carbonyl (C=O) groups excluding carboxylic acids is 1. The molecule has 1 N–H and O–H groups in total. The lowest BCUT2D eigenvalue weighted by Gasteiger charge is -2.28. The van der Waals surface area contributed by atoms with E-state index in [1.807, 2.05) is 31.4 Å². The van der Waals surface area contributed by atoms with Crippen LogP contribution in [0.1, 0.15) is 29.9 Å². The van der Waals surface area contributed by atoms with E-state index in [-0.39, 0.29) is 23.0 Å². The fourth-order valence-corrected chi connectivity index (χ4v) is 5.49. The number of allylic oxidation sites excluding steroid dienone is 1. The molecule has 0 bridgehead atoms. The zero-order valence-corrected chi connectivity index (χ0v) is 23.8. The Labute approximate surface area is 239 Å². The zero-order valence-electron chi connectivity index (χ0n) is 22.2. The number of pyridine rings is 2. The highest BCUT2D eigenvalue weighted by atomic mass is 35.5. The Hall–Kier alpha value is -3.86. The number of aromatic nitrogens is 3. The number of piperazine rings is 1. The van der Waals surface area contributed by atoms with Gasteiger partial charge in [0.25, 0.3) is 11.5 Å². The Bertz CT molecular complexity index is 1660. The number of methoxy groups -OCH3 is 1. The van der Waals surface area contributed by atoms with Crippen LogP contribution in [-0.4, -0.2) is 58.6 Å². The molecule has 5 rings (SSSR count). The first-order valence-corrected chi connectivity index (χ1v) is 13.9. The van der Waals surface area contributed by atoms with E-state index in [9.17, 15) is 14.0 Å². The van der Waals surface area contributed by atoms with Crippen molar-refractivity contribution in [2.24, 2.45) is 0 Å². The molecule has 0 aliphatic carbocycles. The van der Waals surface area contributed by atoms with Crippen molar-refractivity contribution in [2.45, 2.75) is 13.8 Å². The summed E-state index contributed by atoms with van der Waals surface area (Å²) in [6.07, 6.45) is 2.76. The summed E-state index contributed by atoms with van der Waals surface area (Å²) < 4.78 is 21.3. The number of thiazole rings is 1. The number of hydrogen-bond acceptors (Lipinski definition) is 7. The van der Waals surface area contributed by atoms with Gasteiger partial charge in [-0.2, -0.15) is 0 Å². The Morgan fingerprint density at radius 1 is 1.18 bits per heavy atom. The molecule has 0 unspecified atom stereocenters. The smallest absolute Gasteiger partial charge is 0.266 e. The third kappa shape index (κ3) is 5.56. The monoisotopic (exact) mass is 579 g/mol. The van der Waals surface area contributed by atoms with Crippen molar-refractivity contribution in [1.82, 2.24) is 24.8 Å². The van der Waals surface area contributed by atoms with Crippen molar-refractivity contribution in [3.63, 3.8) is 0 Å². The standard InChI is InChI=1S/C29H27ClFN5O3S/c1-17(2)12-24-21(28(37)35-10-8-32-9-11-35)14-22(27-34-23(16-40-27)18-4-6-19(30)7-5-18)29(38)36(24)25-13-20(31)15-33-26(25)39-3/h4-7,12-16,32H,8-11H2,1-3H3. The summed E-state index contributed by atoms with van der Waals surface area (Å²) in [4.78, 5) is 38.7. The molecule has 40 heavy (non-hydrogen) atoms. The predicted molar refractivity (Wildman–Crippen MR) is 156 cm³/mol. The molecule has 1 saturated heterocycles. The first-order chi connectivity index (χ1) is 19.3. The van der Waals surface area contributed by atoms with Crippen molar-refractivity contribution in [3.8, 4) is 33.4 Å². The molecule has 1 aliphatic heterocycles. The van der Waals surface area contributed by atoms with Gasteiger partial charge in [0.05, 0.1) is 35.8 Å². The zero-order chi connectivity index (χ0) is 28.4. The number of hydrogen-bond donors (Lipinski definition) is 1. The van der Waals surface area contributed by atoms with Crippen LogP contribution in [0, 0.1) is 5.82 Å². The van der Waals surface area contributed by atoms with E-state index in [1.165, 1.54) is 29.1 Å². The largest absolute Gasteiger partial charge is 0.479 e. The van der Waals surface area contributed by atoms with Crippen LogP contribution in [0.15, 0.2) is 58.3 Å². The summed E-state index contributed by atoms with van der Waals surface area (Å²) >= 11 is 7.33. The van der Waals surface area contributed by atoms with Crippen molar-refractivity contribution in [2.75, 3.05) is 33.3 Å². The van der Waals surface area contributed by atoms with Gasteiger partial charge < -0.3 is 15.0 Å². The lowest BCUT2D eigenvalue weighted by atomic mass is 10.0. The van der Waals surface area contributed by atoms with Crippen LogP contribution in [-0.2, 0) is 0 Å². The number of carbonyl (C=O) groups is 1. The van der Waals surface area contributed by atoms with E-state index in [4.69, 9.17) is 21.3 Å². The minimum atomic E-state index is -0.648. The molecule has 1 fully saturated rings. The van der Waals surface area contributed by atoms with E-state index in [1.54, 1.807) is 29.2 Å². The van der Waals surface area contributed by atoms with Crippen molar-refractivity contribution < 1.29 is 13.9 Å². The maximum Gasteiger partial charge on any atom is 0.266 e. The number of benzene rings is 1. The SMILES string of the molecule is COc1ncc(F)cc1-n1c(C=C(C)C)c(C(=O)N2CCNCC2)cc(-c2nc(-c3ccc(Cl)cc3)cs2)c1=O. The number of rotatable bonds is 6. The van der Waals surface area contributed by atoms with Gasteiger partial charge in [-0.3, -0.25) is 14.2 Å². The van der Waals surface area contributed by atoms with Gasteiger partial charge in [0.15, 0.2) is 0 Å². The fourth-order valence-electron chi connectivity index (χ4n) is 4.53. The molecule has 1 aromatic carbocycles. The van der Waals surface area contributed by atoms with Gasteiger partial charge in [0.1, 0.15) is 16.5 Å². The van der Waals surface area contributed by atoms with Crippen LogP contribution in [0.5, 0.6) is 5.88 Å². The maximum atomic E-state index is 14.5. The van der Waals surface area contributed by atoms with Crippen LogP contribution in [0.2, 0.25) is 5.02 Å². The molecule has 0 saturated carbocycles. The van der Waals surface area contributed by atoms with Gasteiger partial charge in [-0.15, -0.1) is 11.3 Å². The van der Waals surface area contributed by atoms with Gasteiger partial charge in [-0.05, 0) is 38.1 Å². The number of amides is 1. The van der Waals surface area contributed by atoms with Gasteiger partial charge in [-0.25, -0.2) is 14.4 Å². The normalized spacial score (nSPS) is 13.3. The topological polar surface area (TPSA) is 89.3 Å². The Balaban J connectivity index is 1.79. The van der Waals surface area contributed by atoms with E-state index < -0.39 is 11.4 Å². The summed E-state index contributed by atoms with van der Waals surface area (Å²) in [5, 5.41) is 6.12. The second-order valence-electron chi connectivity index (χ2n) is 9.49. The molecule has 0 spiro atoms. The average Bonchev–Trinajstić information content (AvgIpc) is 3.43. The third-order valence-corrected chi connectivity index (χ3v) is 7.53. The van der Waals surface area contributed by atoms with Crippen LogP contribution < -0.4 is 15.6 Å². The second kappa shape index (κ2) is 11.7. The van der Waals surface area contributed by atoms with Crippen LogP contribution in [0.4, 0.5) is 4.39 Å². The number of ether oxygens (including phenoxy) is 1. The Morgan fingerprint density at radius 2 is 1.90 bits per heavy atom. The molecule has 8 nitrogen and oxygen atoms in total. The minimum Gasteiger partial charge on any atom is -0.479 e. The molecule has 11 heteroatoms. The molecule has 4 aromatic rings. The second-order valence-corrected chi connectivity index (χ2v) is 10.8. The number of halogens is 2. The highest BCUT2D eigenvalue weighted by Crippen LogP contribution is 2.32. The minimum absolute atomic E-state index is 0.0469. The summed E-state index contributed by atoms with van der Waals surface area (Å²) in [6.45, 7) is 6.09. The first kappa shape index (κ1) is 27.7. The van der Waals surface area contributed by atoms with Gasteiger partial charge in [0.2, 0.25) is 5.88 Å². The molecule has 1 amide bonds. The van der Waals surface area contributed by atoms with Crippen molar-refractivity contribution in [1.29, 1.82) is 0 Å². The van der Waals surface area contributed by atoms with Crippen molar-refractivity contribution in [3.05, 3.63) is 86.0 Å². The van der Waals surface area contributed by atoms with Gasteiger partial charge in [0, 0.05) is 48.2 Å². The molecular formula is C29H27ClFN5O3S. The van der Waals surface area contributed by atoms with Crippen molar-refractivity contribution >= 4 is 34.9 Å². The molecule has 0 radical (unpaired) electrons. The lowest BCUT2D eigenvalue weighted by Crippen LogP contribution is -2.47. The van der Waals surface area contributed by atoms with E-state index in [0.29, 0.717) is 53.2 Å². The van der Waals surface area contributed by atoms with E-state index in [0.717, 1.165) is 17.3 Å². The highest BCUT2D eigenvalue weighted by Gasteiger charge is 2.27. The number of nitrogens with one attached hydrogen (secondary N) is 1. The molecule has 4 heterocycles. The molecule has 0 atom stereocenters. The molecular weight excluding hydrogens is 553 g/mol. The average molecular weight is 580 g/mol. The van der Waals surface area contributed by atoms with Crippen LogP contribution >= 0.6 is 22.9 Å². The van der Waals surface area contributed by atoms with Gasteiger partial charge >= 0.3 is 0 Å². The van der Waals surface area contributed by atoms with E-state index in [2.05, 4.69) is 10.3 Å². The predicted octanol–water partition coefficient (Wildman–Crippen LogP) is 5.29. The Kier molecular flexibility index (Phi) is 8.11. The third-order valence-electron chi connectivity index (χ3n) is 6.41. The summed E-state index contributed by atoms with van der Waals surface area (Å²) in [5.74, 6) is -0.835. The lowest BCUT2D eigenvalue weighted by molar-refractivity contribution is 0.0735. The van der Waals surface area contributed by atoms with Gasteiger partial charge in [-0.1, -0.05) is 29.3 Å². The van der Waals surface area contributed by atoms with E-state index >= 15 is 0 Å². The molecule has 3 aromatic heterocycles. The number of nitrogens with zero attached hydrogens (tertiary/aromatic N) is 4. The Morgan fingerprint density at radius 3 is 2.58 bits per heavy atom. The molecule has 1 aliphatic rings. The quantitative estimate of drug-likeness (QED) is 0.334. The summed E-state index contributed by atoms with van der Waals surface area (Å²) in [6, 6.07) is 10.0. The summed E-state index contributed by atoms with van der Waals surface area (Å²) in [5.41, 5.74) is 2.78. The maximum absolute atomic E-state index is 14.5. The molecule has 206 valence electrons. The van der Waals surface area contributed by atoms with Crippen LogP contribution in [0.25, 0.3) is 33.6 Å².